The fourth-order valence-corrected chi connectivity index (χ4v) is 6.14. The predicted octanol–water partition coefficient (Wildman–Crippen LogP) is 9.18. The van der Waals surface area contributed by atoms with Crippen molar-refractivity contribution in [2.24, 2.45) is 0 Å². The van der Waals surface area contributed by atoms with E-state index < -0.39 is 0 Å². The first-order valence-electron chi connectivity index (χ1n) is 12.6. The molecule has 0 saturated carbocycles. The fourth-order valence-electron chi connectivity index (χ4n) is 6.14. The number of benzene rings is 6. The molecule has 168 valence electrons. The quantitative estimate of drug-likeness (QED) is 0.244. The van der Waals surface area contributed by atoms with Gasteiger partial charge < -0.3 is 4.57 Å². The summed E-state index contributed by atoms with van der Waals surface area (Å²) in [5, 5.41) is 5.23. The van der Waals surface area contributed by atoms with Crippen LogP contribution in [0.4, 0.5) is 0 Å². The van der Waals surface area contributed by atoms with E-state index in [2.05, 4.69) is 132 Å². The van der Waals surface area contributed by atoms with Crippen LogP contribution in [-0.2, 0) is 6.42 Å². The highest BCUT2D eigenvalue weighted by molar-refractivity contribution is 6.10. The normalized spacial score (nSPS) is 12.3. The van der Waals surface area contributed by atoms with Crippen LogP contribution in [0, 0.1) is 0 Å². The number of para-hydroxylation sites is 1. The van der Waals surface area contributed by atoms with E-state index in [-0.39, 0.29) is 0 Å². The first kappa shape index (κ1) is 19.7. The Balaban J connectivity index is 1.41. The summed E-state index contributed by atoms with van der Waals surface area (Å²) in [5.74, 6) is 0. The van der Waals surface area contributed by atoms with Crippen LogP contribution in [-0.4, -0.2) is 4.57 Å². The molecule has 1 heterocycles. The highest BCUT2D eigenvalue weighted by atomic mass is 15.0. The summed E-state index contributed by atoms with van der Waals surface area (Å²) in [6.45, 7) is 0. The van der Waals surface area contributed by atoms with Gasteiger partial charge in [-0.15, -0.1) is 0 Å². The number of hydrogen-bond donors (Lipinski definition) is 0. The largest absolute Gasteiger partial charge is 0.309 e. The van der Waals surface area contributed by atoms with Gasteiger partial charge in [0.25, 0.3) is 0 Å². The lowest BCUT2D eigenvalue weighted by Crippen LogP contribution is -1.95. The fraction of sp³-hybridized carbons (Fsp3) is 0.0286. The van der Waals surface area contributed by atoms with Gasteiger partial charge in [-0.25, -0.2) is 0 Å². The van der Waals surface area contributed by atoms with E-state index in [4.69, 9.17) is 0 Å². The van der Waals surface area contributed by atoms with E-state index in [1.165, 1.54) is 71.6 Å². The van der Waals surface area contributed by atoms with Crippen molar-refractivity contribution in [1.82, 2.24) is 4.57 Å². The van der Waals surface area contributed by atoms with Crippen LogP contribution in [0.3, 0.4) is 0 Å². The summed E-state index contributed by atoms with van der Waals surface area (Å²) < 4.78 is 2.44. The summed E-state index contributed by atoms with van der Waals surface area (Å²) in [6.07, 6.45) is 1.00. The third-order valence-corrected chi connectivity index (χ3v) is 7.80. The molecule has 1 heteroatoms. The molecular formula is C35H23N. The number of hydrogen-bond acceptors (Lipinski definition) is 0. The molecule has 1 aromatic heterocycles. The molecule has 1 nitrogen and oxygen atoms in total. The van der Waals surface area contributed by atoms with E-state index in [0.717, 1.165) is 6.42 Å². The number of rotatable bonds is 2. The van der Waals surface area contributed by atoms with E-state index in [1.54, 1.807) is 0 Å². The first-order valence-corrected chi connectivity index (χ1v) is 12.6. The minimum absolute atomic E-state index is 1.00. The molecule has 0 bridgehead atoms. The third kappa shape index (κ3) is 2.77. The second-order valence-electron chi connectivity index (χ2n) is 9.79. The molecule has 1 aliphatic carbocycles. The number of nitrogens with zero attached hydrogens (tertiary/aromatic N) is 1. The van der Waals surface area contributed by atoms with Gasteiger partial charge in [0.05, 0.1) is 11.0 Å². The van der Waals surface area contributed by atoms with Crippen molar-refractivity contribution in [2.75, 3.05) is 0 Å². The van der Waals surface area contributed by atoms with Crippen molar-refractivity contribution in [3.63, 3.8) is 0 Å². The molecule has 1 aliphatic rings. The molecule has 0 spiro atoms. The van der Waals surface area contributed by atoms with Gasteiger partial charge in [0.1, 0.15) is 0 Å². The molecule has 7 aromatic rings. The Kier molecular flexibility index (Phi) is 4.06. The molecule has 0 saturated heterocycles. The van der Waals surface area contributed by atoms with Crippen LogP contribution in [0.5, 0.6) is 0 Å². The maximum absolute atomic E-state index is 2.44. The van der Waals surface area contributed by atoms with Crippen LogP contribution in [0.1, 0.15) is 11.1 Å². The lowest BCUT2D eigenvalue weighted by Gasteiger charge is -2.12. The summed E-state index contributed by atoms with van der Waals surface area (Å²) in [6, 6.07) is 46.7. The van der Waals surface area contributed by atoms with Crippen LogP contribution < -0.4 is 0 Å². The third-order valence-electron chi connectivity index (χ3n) is 7.80. The maximum Gasteiger partial charge on any atom is 0.0547 e. The smallest absolute Gasteiger partial charge is 0.0547 e. The molecule has 0 unspecified atom stereocenters. The van der Waals surface area contributed by atoms with Gasteiger partial charge in [0.2, 0.25) is 0 Å². The number of fused-ring (bicyclic) bond motifs is 8. The average molecular weight is 458 g/mol. The molecule has 36 heavy (non-hydrogen) atoms. The summed E-state index contributed by atoms with van der Waals surface area (Å²) >= 11 is 0. The Bertz CT molecular complexity index is 1960. The SMILES string of the molecule is c1ccc(-c2ccc3c4ccccc4n(-c4ccc5c(c4)-c4c(ccc6ccccc46)C5)c3c2)cc1. The highest BCUT2D eigenvalue weighted by Gasteiger charge is 2.22. The van der Waals surface area contributed by atoms with Gasteiger partial charge in [-0.2, -0.15) is 0 Å². The van der Waals surface area contributed by atoms with Gasteiger partial charge in [0.15, 0.2) is 0 Å². The molecule has 0 radical (unpaired) electrons. The van der Waals surface area contributed by atoms with Crippen molar-refractivity contribution >= 4 is 32.6 Å². The Labute approximate surface area is 209 Å². The standard InChI is InChI=1S/C35H23N/c1-2-8-23(9-3-1)25-17-19-31-30-12-6-7-13-33(30)36(34(31)21-25)28-18-16-26-20-27-15-14-24-10-4-5-11-29(24)35(27)32(26)22-28/h1-19,21-22H,20H2. The van der Waals surface area contributed by atoms with E-state index in [0.29, 0.717) is 0 Å². The minimum Gasteiger partial charge on any atom is -0.309 e. The average Bonchev–Trinajstić information content (AvgIpc) is 3.48. The van der Waals surface area contributed by atoms with Crippen LogP contribution >= 0.6 is 0 Å². The van der Waals surface area contributed by atoms with Crippen molar-refractivity contribution in [3.8, 4) is 27.9 Å². The molecule has 0 atom stereocenters. The van der Waals surface area contributed by atoms with Gasteiger partial charge >= 0.3 is 0 Å². The molecule has 0 fully saturated rings. The Morgan fingerprint density at radius 1 is 0.472 bits per heavy atom. The monoisotopic (exact) mass is 457 g/mol. The van der Waals surface area contributed by atoms with Crippen molar-refractivity contribution < 1.29 is 0 Å². The van der Waals surface area contributed by atoms with Gasteiger partial charge in [-0.3, -0.25) is 0 Å². The van der Waals surface area contributed by atoms with Gasteiger partial charge in [-0.05, 0) is 74.8 Å². The topological polar surface area (TPSA) is 4.93 Å². The lowest BCUT2D eigenvalue weighted by molar-refractivity contribution is 1.17. The second-order valence-corrected chi connectivity index (χ2v) is 9.79. The van der Waals surface area contributed by atoms with E-state index >= 15 is 0 Å². The molecule has 0 N–H and O–H groups in total. The minimum atomic E-state index is 1.00. The zero-order valence-corrected chi connectivity index (χ0v) is 19.8. The molecular weight excluding hydrogens is 434 g/mol. The summed E-state index contributed by atoms with van der Waals surface area (Å²) in [4.78, 5) is 0. The highest BCUT2D eigenvalue weighted by Crippen LogP contribution is 2.43. The number of aromatic nitrogens is 1. The van der Waals surface area contributed by atoms with Crippen molar-refractivity contribution in [2.45, 2.75) is 6.42 Å². The Morgan fingerprint density at radius 3 is 2.14 bits per heavy atom. The van der Waals surface area contributed by atoms with E-state index in [1.807, 2.05) is 0 Å². The first-order chi connectivity index (χ1) is 17.8. The zero-order valence-electron chi connectivity index (χ0n) is 19.8. The summed E-state index contributed by atoms with van der Waals surface area (Å²) in [7, 11) is 0. The van der Waals surface area contributed by atoms with E-state index in [9.17, 15) is 0 Å². The Hall–Kier alpha value is -4.62. The maximum atomic E-state index is 2.44. The molecule has 0 amide bonds. The van der Waals surface area contributed by atoms with Crippen LogP contribution in [0.25, 0.3) is 60.5 Å². The van der Waals surface area contributed by atoms with Gasteiger partial charge in [-0.1, -0.05) is 103 Å². The molecule has 0 aliphatic heterocycles. The zero-order chi connectivity index (χ0) is 23.6. The van der Waals surface area contributed by atoms with Crippen LogP contribution in [0.15, 0.2) is 127 Å². The predicted molar refractivity (Wildman–Crippen MR) is 152 cm³/mol. The Morgan fingerprint density at radius 2 is 1.22 bits per heavy atom. The van der Waals surface area contributed by atoms with Gasteiger partial charge in [0, 0.05) is 16.5 Å². The molecule has 8 rings (SSSR count). The van der Waals surface area contributed by atoms with Crippen molar-refractivity contribution in [3.05, 3.63) is 139 Å². The molecule has 6 aromatic carbocycles. The van der Waals surface area contributed by atoms with Crippen molar-refractivity contribution in [1.29, 1.82) is 0 Å². The lowest BCUT2D eigenvalue weighted by atomic mass is 9.97. The second kappa shape index (κ2) is 7.44. The summed E-state index contributed by atoms with van der Waals surface area (Å²) in [5.41, 5.74) is 11.8. The van der Waals surface area contributed by atoms with Crippen LogP contribution in [0.2, 0.25) is 0 Å².